The molecule has 1 N–H and O–H groups in total. The molecule has 1 aliphatic rings. The molecule has 0 bridgehead atoms. The largest absolute Gasteiger partial charge is 0.301 e. The average molecular weight is 295 g/mol. The van der Waals surface area contributed by atoms with E-state index in [1.54, 1.807) is 0 Å². The van der Waals surface area contributed by atoms with Gasteiger partial charge in [0.1, 0.15) is 5.82 Å². The first-order valence-corrected chi connectivity index (χ1v) is 6.36. The average Bonchev–Trinajstić information content (AvgIpc) is 2.44. The van der Waals surface area contributed by atoms with E-state index < -0.39 is 16.8 Å². The van der Waals surface area contributed by atoms with Crippen molar-refractivity contribution in [3.63, 3.8) is 0 Å². The molecule has 112 valence electrons. The van der Waals surface area contributed by atoms with Gasteiger partial charge in [0.15, 0.2) is 0 Å². The fourth-order valence-electron chi connectivity index (χ4n) is 2.21. The highest BCUT2D eigenvalue weighted by Crippen LogP contribution is 2.20. The second kappa shape index (κ2) is 5.96. The molecule has 0 aliphatic carbocycles. The van der Waals surface area contributed by atoms with E-state index in [4.69, 9.17) is 0 Å². The van der Waals surface area contributed by atoms with Crippen LogP contribution in [-0.2, 0) is 16.1 Å². The third kappa shape index (κ3) is 3.22. The number of imide groups is 1. The van der Waals surface area contributed by atoms with Crippen LogP contribution in [0.3, 0.4) is 0 Å². The van der Waals surface area contributed by atoms with Crippen LogP contribution in [0.15, 0.2) is 18.2 Å². The van der Waals surface area contributed by atoms with Gasteiger partial charge in [-0.05, 0) is 18.6 Å². The van der Waals surface area contributed by atoms with Crippen LogP contribution in [0, 0.1) is 15.9 Å². The van der Waals surface area contributed by atoms with Gasteiger partial charge >= 0.3 is 0 Å². The third-order valence-corrected chi connectivity index (χ3v) is 3.43. The molecule has 1 aliphatic heterocycles. The molecule has 1 heterocycles. The lowest BCUT2D eigenvalue weighted by Crippen LogP contribution is -2.51. The maximum absolute atomic E-state index is 13.2. The number of likely N-dealkylation sites (N-methyl/N-ethyl adjacent to an activating group) is 1. The number of hydrogen-bond acceptors (Lipinski definition) is 5. The van der Waals surface area contributed by atoms with Crippen molar-refractivity contribution in [3.05, 3.63) is 39.7 Å². The summed E-state index contributed by atoms with van der Waals surface area (Å²) in [6.07, 6.45) is 0.552. The molecule has 1 aromatic rings. The van der Waals surface area contributed by atoms with Gasteiger partial charge in [-0.1, -0.05) is 0 Å². The number of nitrogens with zero attached hydrogens (tertiary/aromatic N) is 2. The minimum atomic E-state index is -0.602. The molecule has 7 nitrogen and oxygen atoms in total. The minimum Gasteiger partial charge on any atom is -0.301 e. The monoisotopic (exact) mass is 295 g/mol. The number of carbonyl (C=O) groups excluding carboxylic acids is 2. The molecule has 0 spiro atoms. The molecule has 1 unspecified atom stereocenters. The Balaban J connectivity index is 2.10. The predicted octanol–water partition coefficient (Wildman–Crippen LogP) is 0.971. The zero-order chi connectivity index (χ0) is 15.6. The Kier molecular flexibility index (Phi) is 4.27. The molecule has 2 rings (SSSR count). The van der Waals surface area contributed by atoms with Gasteiger partial charge in [0.25, 0.3) is 5.69 Å². The van der Waals surface area contributed by atoms with E-state index >= 15 is 0 Å². The third-order valence-electron chi connectivity index (χ3n) is 3.43. The standard InChI is InChI=1S/C13H14FN3O4/c1-16-12(18)5-3-10(13(16)19)15-7-8-6-9(14)2-4-11(8)17(20)21/h2,4,6,10,15H,3,5,7H2,1H3. The first-order valence-electron chi connectivity index (χ1n) is 6.36. The molecule has 0 saturated carbocycles. The highest BCUT2D eigenvalue weighted by atomic mass is 19.1. The van der Waals surface area contributed by atoms with Crippen LogP contribution >= 0.6 is 0 Å². The van der Waals surface area contributed by atoms with E-state index in [-0.39, 0.29) is 36.0 Å². The van der Waals surface area contributed by atoms with E-state index in [1.807, 2.05) is 0 Å². The SMILES string of the molecule is CN1C(=O)CCC(NCc2cc(F)ccc2[N+](=O)[O-])C1=O. The Morgan fingerprint density at radius 3 is 2.86 bits per heavy atom. The van der Waals surface area contributed by atoms with E-state index in [9.17, 15) is 24.1 Å². The van der Waals surface area contributed by atoms with Crippen LogP contribution < -0.4 is 5.32 Å². The fourth-order valence-corrected chi connectivity index (χ4v) is 2.21. The summed E-state index contributed by atoms with van der Waals surface area (Å²) in [4.78, 5) is 34.5. The van der Waals surface area contributed by atoms with E-state index in [0.29, 0.717) is 6.42 Å². The Hall–Kier alpha value is -2.35. The van der Waals surface area contributed by atoms with E-state index in [1.165, 1.54) is 7.05 Å². The number of nitrogens with one attached hydrogen (secondary N) is 1. The molecular formula is C13H14FN3O4. The summed E-state index contributed by atoms with van der Waals surface area (Å²) in [5, 5.41) is 13.7. The fraction of sp³-hybridized carbons (Fsp3) is 0.385. The molecule has 0 radical (unpaired) electrons. The van der Waals surface area contributed by atoms with Gasteiger partial charge in [0.2, 0.25) is 11.8 Å². The lowest BCUT2D eigenvalue weighted by atomic mass is 10.0. The van der Waals surface area contributed by atoms with Crippen molar-refractivity contribution in [2.24, 2.45) is 0 Å². The number of rotatable bonds is 4. The van der Waals surface area contributed by atoms with Crippen LogP contribution in [0.25, 0.3) is 0 Å². The quantitative estimate of drug-likeness (QED) is 0.507. The smallest absolute Gasteiger partial charge is 0.274 e. The number of halogens is 1. The van der Waals surface area contributed by atoms with Gasteiger partial charge in [-0.15, -0.1) is 0 Å². The summed E-state index contributed by atoms with van der Waals surface area (Å²) in [5.74, 6) is -1.22. The lowest BCUT2D eigenvalue weighted by molar-refractivity contribution is -0.385. The van der Waals surface area contributed by atoms with Gasteiger partial charge < -0.3 is 5.32 Å². The van der Waals surface area contributed by atoms with Gasteiger partial charge in [0, 0.05) is 31.6 Å². The molecule has 1 atom stereocenters. The van der Waals surface area contributed by atoms with Crippen LogP contribution in [0.5, 0.6) is 0 Å². The van der Waals surface area contributed by atoms with Crippen molar-refractivity contribution >= 4 is 17.5 Å². The van der Waals surface area contributed by atoms with Crippen molar-refractivity contribution in [1.82, 2.24) is 10.2 Å². The Bertz CT molecular complexity index is 605. The maximum atomic E-state index is 13.2. The zero-order valence-electron chi connectivity index (χ0n) is 11.3. The van der Waals surface area contributed by atoms with Crippen molar-refractivity contribution in [1.29, 1.82) is 0 Å². The van der Waals surface area contributed by atoms with Crippen molar-refractivity contribution < 1.29 is 18.9 Å². The maximum Gasteiger partial charge on any atom is 0.274 e. The Morgan fingerprint density at radius 2 is 2.19 bits per heavy atom. The van der Waals surface area contributed by atoms with Gasteiger partial charge in [-0.25, -0.2) is 4.39 Å². The van der Waals surface area contributed by atoms with Crippen molar-refractivity contribution in [2.75, 3.05) is 7.05 Å². The number of hydrogen-bond donors (Lipinski definition) is 1. The van der Waals surface area contributed by atoms with Gasteiger partial charge in [-0.3, -0.25) is 24.6 Å². The predicted molar refractivity (Wildman–Crippen MR) is 70.7 cm³/mol. The summed E-state index contributed by atoms with van der Waals surface area (Å²) in [7, 11) is 1.39. The molecule has 8 heteroatoms. The first kappa shape index (κ1) is 15.0. The van der Waals surface area contributed by atoms with Crippen LogP contribution in [0.2, 0.25) is 0 Å². The number of carbonyl (C=O) groups is 2. The summed E-state index contributed by atoms with van der Waals surface area (Å²) in [5.41, 5.74) is -0.0519. The molecule has 21 heavy (non-hydrogen) atoms. The molecule has 0 aromatic heterocycles. The van der Waals surface area contributed by atoms with Gasteiger partial charge in [-0.2, -0.15) is 0 Å². The topological polar surface area (TPSA) is 92.6 Å². The molecule has 1 fully saturated rings. The second-order valence-corrected chi connectivity index (χ2v) is 4.79. The molecule has 1 aromatic carbocycles. The number of likely N-dealkylation sites (tertiary alicyclic amines) is 1. The van der Waals surface area contributed by atoms with E-state index in [2.05, 4.69) is 5.32 Å². The Labute approximate surface area is 119 Å². The number of piperidine rings is 1. The summed E-state index contributed by atoms with van der Waals surface area (Å²) in [6, 6.07) is 2.56. The highest BCUT2D eigenvalue weighted by molar-refractivity contribution is 6.00. The summed E-state index contributed by atoms with van der Waals surface area (Å²) >= 11 is 0. The summed E-state index contributed by atoms with van der Waals surface area (Å²) in [6.45, 7) is -0.0213. The van der Waals surface area contributed by atoms with Crippen molar-refractivity contribution in [3.8, 4) is 0 Å². The highest BCUT2D eigenvalue weighted by Gasteiger charge is 2.31. The van der Waals surface area contributed by atoms with E-state index in [0.717, 1.165) is 23.1 Å². The molecular weight excluding hydrogens is 281 g/mol. The van der Waals surface area contributed by atoms with Crippen LogP contribution in [0.1, 0.15) is 18.4 Å². The zero-order valence-corrected chi connectivity index (χ0v) is 11.3. The number of nitro benzene ring substituents is 1. The lowest BCUT2D eigenvalue weighted by Gasteiger charge is -2.28. The number of nitro groups is 1. The Morgan fingerprint density at radius 1 is 1.48 bits per heavy atom. The normalized spacial score (nSPS) is 19.0. The van der Waals surface area contributed by atoms with Gasteiger partial charge in [0.05, 0.1) is 11.0 Å². The number of benzene rings is 1. The number of amides is 2. The summed E-state index contributed by atoms with van der Waals surface area (Å²) < 4.78 is 13.2. The molecule has 2 amide bonds. The van der Waals surface area contributed by atoms with Crippen LogP contribution in [0.4, 0.5) is 10.1 Å². The van der Waals surface area contributed by atoms with Crippen LogP contribution in [-0.4, -0.2) is 34.7 Å². The minimum absolute atomic E-state index is 0.0213. The van der Waals surface area contributed by atoms with Crippen molar-refractivity contribution in [2.45, 2.75) is 25.4 Å². The first-order chi connectivity index (χ1) is 9.90. The molecule has 1 saturated heterocycles. The second-order valence-electron chi connectivity index (χ2n) is 4.79.